The molecule has 8 N–H and O–H groups in total. The van der Waals surface area contributed by atoms with Crippen molar-refractivity contribution in [1.82, 2.24) is 54.0 Å². The molecule has 88 heavy (non-hydrogen) atoms. The number of nitrogens with two attached hydrogens (primary N) is 4. The van der Waals surface area contributed by atoms with E-state index in [1.54, 1.807) is 74.1 Å². The number of halogens is 1. The van der Waals surface area contributed by atoms with Crippen LogP contribution in [-0.2, 0) is 7.05 Å². The second kappa shape index (κ2) is 27.7. The van der Waals surface area contributed by atoms with Crippen LogP contribution in [0.3, 0.4) is 0 Å². The van der Waals surface area contributed by atoms with Gasteiger partial charge in [-0.3, -0.25) is 39.2 Å². The van der Waals surface area contributed by atoms with Crippen LogP contribution in [-0.4, -0.2) is 149 Å². The fourth-order valence-electron chi connectivity index (χ4n) is 13.2. The van der Waals surface area contributed by atoms with Crippen LogP contribution in [0.4, 0.5) is 27.1 Å². The molecule has 18 nitrogen and oxygen atoms in total. The Labute approximate surface area is 514 Å². The molecule has 4 bridgehead atoms. The maximum Gasteiger partial charge on any atom is 0.254 e. The first-order valence-electron chi connectivity index (χ1n) is 30.9. The number of benzene rings is 3. The van der Waals surface area contributed by atoms with Crippen molar-refractivity contribution in [3.8, 4) is 44.6 Å². The van der Waals surface area contributed by atoms with Crippen molar-refractivity contribution in [3.05, 3.63) is 175 Å². The number of pyridine rings is 4. The fourth-order valence-corrected chi connectivity index (χ4v) is 13.2. The Morgan fingerprint density at radius 2 is 1.00 bits per heavy atom. The average molecular weight is 1190 g/mol. The third kappa shape index (κ3) is 13.9. The first kappa shape index (κ1) is 60.6. The molecule has 8 aliphatic rings. The number of amides is 3. The van der Waals surface area contributed by atoms with Crippen LogP contribution in [0.25, 0.3) is 44.6 Å². The predicted octanol–water partition coefficient (Wildman–Crippen LogP) is 10.1. The molecular formula is C69H80FN15O3. The van der Waals surface area contributed by atoms with Crippen LogP contribution in [0.15, 0.2) is 147 Å². The lowest BCUT2D eigenvalue weighted by atomic mass is 9.86. The smallest absolute Gasteiger partial charge is 0.254 e. The minimum atomic E-state index is -0.428. The Kier molecular flexibility index (Phi) is 19.1. The highest BCUT2D eigenvalue weighted by atomic mass is 19.1. The Hall–Kier alpha value is -9.07. The summed E-state index contributed by atoms with van der Waals surface area (Å²) in [5.74, 6) is 0.548. The first-order valence-corrected chi connectivity index (χ1v) is 30.9. The third-order valence-corrected chi connectivity index (χ3v) is 18.6. The van der Waals surface area contributed by atoms with Gasteiger partial charge < -0.3 is 47.1 Å². The summed E-state index contributed by atoms with van der Waals surface area (Å²) in [6, 6.07) is 27.1. The lowest BCUT2D eigenvalue weighted by Crippen LogP contribution is -2.53. The van der Waals surface area contributed by atoms with Crippen LogP contribution in [0.5, 0.6) is 0 Å². The van der Waals surface area contributed by atoms with E-state index in [2.05, 4.69) is 39.6 Å². The number of piperidine rings is 1. The van der Waals surface area contributed by atoms with E-state index in [0.717, 1.165) is 153 Å². The maximum atomic E-state index is 14.7. The van der Waals surface area contributed by atoms with Crippen LogP contribution in [0.2, 0.25) is 0 Å². The number of rotatable bonds is 8. The molecule has 3 aromatic carbocycles. The van der Waals surface area contributed by atoms with Gasteiger partial charge in [0.25, 0.3) is 17.7 Å². The molecule has 2 aliphatic carbocycles. The number of aromatic nitrogens is 6. The van der Waals surface area contributed by atoms with Gasteiger partial charge in [-0.2, -0.15) is 0 Å². The van der Waals surface area contributed by atoms with Gasteiger partial charge in [0.2, 0.25) is 0 Å². The van der Waals surface area contributed by atoms with Gasteiger partial charge in [-0.25, -0.2) is 9.37 Å². The molecule has 456 valence electrons. The number of carbonyl (C=O) groups is 3. The molecule has 2 saturated carbocycles. The predicted molar refractivity (Wildman–Crippen MR) is 345 cm³/mol. The zero-order chi connectivity index (χ0) is 61.3. The quantitative estimate of drug-likeness (QED) is 0.111. The molecule has 0 spiro atoms. The molecule has 8 aromatic rings. The third-order valence-electron chi connectivity index (χ3n) is 18.6. The molecule has 8 fully saturated rings. The Morgan fingerprint density at radius 1 is 0.466 bits per heavy atom. The number of carbonyl (C=O) groups excluding carboxylic acids is 3. The maximum absolute atomic E-state index is 14.7. The summed E-state index contributed by atoms with van der Waals surface area (Å²) >= 11 is 0. The van der Waals surface area contributed by atoms with E-state index in [0.29, 0.717) is 51.5 Å². The summed E-state index contributed by atoms with van der Waals surface area (Å²) in [6.45, 7) is 10.5. The van der Waals surface area contributed by atoms with Crippen LogP contribution >= 0.6 is 0 Å². The second-order valence-electron chi connectivity index (χ2n) is 24.0. The van der Waals surface area contributed by atoms with E-state index >= 15 is 0 Å². The van der Waals surface area contributed by atoms with Crippen molar-refractivity contribution in [2.24, 2.45) is 13.0 Å². The highest BCUT2D eigenvalue weighted by molar-refractivity contribution is 5.97. The van der Waals surface area contributed by atoms with Crippen molar-refractivity contribution in [2.45, 2.75) is 89.3 Å². The highest BCUT2D eigenvalue weighted by Gasteiger charge is 2.35. The zero-order valence-electron chi connectivity index (χ0n) is 50.4. The molecule has 0 radical (unpaired) electrons. The average Bonchev–Trinajstić information content (AvgIpc) is 3.43. The number of imidazole rings is 1. The lowest BCUT2D eigenvalue weighted by Gasteiger charge is -2.42. The standard InChI is InChI=1S/C20H22FN3O.C20H24N4O.C19H22N4O.C10H12N4/c21-18-11-14(3-6-16(18)17-7-9-23-12-19(17)22)20(25)24-10-8-13-1-4-15(24)5-2-13;21-19-14-22-9-8-18(19)15-4-6-16(7-5-15)20(25)24-12-10-23(11-13-24)17-2-1-3-17;20-18-13-21-8-5-17(18)14-1-3-15(4-2-14)19(24)23-12-11-22-9-6-16(23)7-10-22;1-7-3-12-4-8(11)10(7)9-5-13-6-14(9)2/h3,6-7,9,11-13,15H,1-2,4-5,8,10,22H2;4-9,14,17H,1-3,10-13,21H2;1-5,8,13,16H,6-7,9-12,20H2;3-6H,11H2,1-2H3. The zero-order valence-corrected chi connectivity index (χ0v) is 50.4. The number of hydrogen-bond donors (Lipinski definition) is 4. The van der Waals surface area contributed by atoms with Gasteiger partial charge in [0, 0.05) is 153 Å². The molecule has 11 heterocycles. The van der Waals surface area contributed by atoms with Crippen molar-refractivity contribution in [1.29, 1.82) is 0 Å². The van der Waals surface area contributed by atoms with Gasteiger partial charge in [0.15, 0.2) is 0 Å². The highest BCUT2D eigenvalue weighted by Crippen LogP contribution is 2.37. The monoisotopic (exact) mass is 1190 g/mol. The largest absolute Gasteiger partial charge is 0.397 e. The molecule has 6 aliphatic heterocycles. The topological polar surface area (TPSA) is 241 Å². The van der Waals surface area contributed by atoms with E-state index < -0.39 is 5.82 Å². The minimum absolute atomic E-state index is 0.0549. The Morgan fingerprint density at radius 3 is 1.53 bits per heavy atom. The number of nitrogens with zero attached hydrogens (tertiary/aromatic N) is 11. The number of aryl methyl sites for hydroxylation is 2. The van der Waals surface area contributed by atoms with Gasteiger partial charge in [-0.1, -0.05) is 36.8 Å². The Bertz CT molecular complexity index is 3680. The van der Waals surface area contributed by atoms with Gasteiger partial charge >= 0.3 is 0 Å². The summed E-state index contributed by atoms with van der Waals surface area (Å²) in [5, 5.41) is 0. The first-order chi connectivity index (χ1) is 42.8. The van der Waals surface area contributed by atoms with E-state index in [4.69, 9.17) is 22.9 Å². The van der Waals surface area contributed by atoms with E-state index in [1.165, 1.54) is 44.4 Å². The van der Waals surface area contributed by atoms with Crippen LogP contribution in [0, 0.1) is 18.7 Å². The van der Waals surface area contributed by atoms with E-state index in [1.807, 2.05) is 89.0 Å². The van der Waals surface area contributed by atoms with Gasteiger partial charge in [-0.15, -0.1) is 0 Å². The molecule has 5 aromatic heterocycles. The summed E-state index contributed by atoms with van der Waals surface area (Å²) in [7, 11) is 1.95. The molecule has 3 amide bonds. The lowest BCUT2D eigenvalue weighted by molar-refractivity contribution is 0.0455. The molecule has 0 atom stereocenters. The number of piperazine rings is 1. The number of nitrogen functional groups attached to an aromatic ring is 4. The summed E-state index contributed by atoms with van der Waals surface area (Å²) in [6.07, 6.45) is 28.7. The second-order valence-corrected chi connectivity index (χ2v) is 24.0. The van der Waals surface area contributed by atoms with Crippen LogP contribution in [0.1, 0.15) is 101 Å². The van der Waals surface area contributed by atoms with Gasteiger partial charge in [0.1, 0.15) is 5.82 Å². The number of fused-ring (bicyclic) bond motifs is 8. The SMILES string of the molecule is Cc1cncc(N)c1-c1cncn1C.Nc1cnccc1-c1ccc(C(=O)N2CCC3CCC2CC3)cc1F.Nc1cnccc1-c1ccc(C(=O)N2CCN(C3CCC3)CC2)cc1.Nc1cnccc1-c1ccc(C(=O)N2CCN3CCC2CC3)cc1. The Balaban J connectivity index is 0.000000124. The summed E-state index contributed by atoms with van der Waals surface area (Å²) < 4.78 is 16.6. The molecular weight excluding hydrogens is 1110 g/mol. The van der Waals surface area contributed by atoms with Crippen molar-refractivity contribution in [3.63, 3.8) is 0 Å². The normalized spacial score (nSPS) is 19.7. The van der Waals surface area contributed by atoms with E-state index in [-0.39, 0.29) is 17.7 Å². The van der Waals surface area contributed by atoms with Gasteiger partial charge in [-0.05, 0) is 142 Å². The van der Waals surface area contributed by atoms with Crippen molar-refractivity contribution < 1.29 is 18.8 Å². The van der Waals surface area contributed by atoms with E-state index in [9.17, 15) is 18.8 Å². The molecule has 6 saturated heterocycles. The molecule has 19 heteroatoms. The van der Waals surface area contributed by atoms with Crippen molar-refractivity contribution >= 4 is 40.5 Å². The number of hydrogen-bond acceptors (Lipinski definition) is 14. The molecule has 0 unspecified atom stereocenters. The fraction of sp³-hybridized carbons (Fsp3) is 0.362. The van der Waals surface area contributed by atoms with Crippen LogP contribution < -0.4 is 22.9 Å². The summed E-state index contributed by atoms with van der Waals surface area (Å²) in [4.78, 5) is 69.7. The van der Waals surface area contributed by atoms with Crippen molar-refractivity contribution in [2.75, 3.05) is 81.8 Å². The molecule has 16 rings (SSSR count). The minimum Gasteiger partial charge on any atom is -0.397 e. The summed E-state index contributed by atoms with van der Waals surface area (Å²) in [5.41, 5.74) is 36.0. The number of anilines is 4. The van der Waals surface area contributed by atoms with Gasteiger partial charge in [0.05, 0.1) is 65.8 Å².